The van der Waals surface area contributed by atoms with Crippen molar-refractivity contribution >= 4 is 23.5 Å². The first kappa shape index (κ1) is 18.3. The summed E-state index contributed by atoms with van der Waals surface area (Å²) < 4.78 is 4.53. The van der Waals surface area contributed by atoms with Crippen molar-refractivity contribution in [2.75, 3.05) is 24.8 Å². The van der Waals surface area contributed by atoms with Crippen molar-refractivity contribution in [3.63, 3.8) is 0 Å². The number of aryl methyl sites for hydroxylation is 1. The molecule has 0 fully saturated rings. The van der Waals surface area contributed by atoms with E-state index in [4.69, 9.17) is 0 Å². The topological polar surface area (TPSA) is 70.7 Å². The molecule has 0 spiro atoms. The second kappa shape index (κ2) is 8.19. The number of nitrogens with one attached hydrogen (secondary N) is 2. The van der Waals surface area contributed by atoms with Crippen LogP contribution in [0.3, 0.4) is 0 Å². The van der Waals surface area contributed by atoms with E-state index in [0.717, 1.165) is 5.56 Å². The Bertz CT molecular complexity index is 727. The maximum Gasteiger partial charge on any atom is 0.411 e. The molecule has 0 aliphatic heterocycles. The zero-order valence-electron chi connectivity index (χ0n) is 14.9. The molecule has 6 nitrogen and oxygen atoms in total. The third-order valence-corrected chi connectivity index (χ3v) is 4.03. The predicted octanol–water partition coefficient (Wildman–Crippen LogP) is 4.40. The van der Waals surface area contributed by atoms with Crippen LogP contribution in [0.2, 0.25) is 0 Å². The third-order valence-electron chi connectivity index (χ3n) is 4.03. The number of hydrogen-bond donors (Lipinski definition) is 2. The summed E-state index contributed by atoms with van der Waals surface area (Å²) in [6.45, 7) is 4.01. The van der Waals surface area contributed by atoms with Crippen molar-refractivity contribution in [2.45, 2.75) is 19.9 Å². The van der Waals surface area contributed by atoms with Crippen molar-refractivity contribution in [1.82, 2.24) is 4.90 Å². The highest BCUT2D eigenvalue weighted by atomic mass is 16.5. The van der Waals surface area contributed by atoms with Gasteiger partial charge in [-0.2, -0.15) is 0 Å². The van der Waals surface area contributed by atoms with Gasteiger partial charge in [0.25, 0.3) is 0 Å². The minimum atomic E-state index is -0.538. The fourth-order valence-corrected chi connectivity index (χ4v) is 2.26. The average molecular weight is 341 g/mol. The molecule has 6 heteroatoms. The molecule has 3 amide bonds. The van der Waals surface area contributed by atoms with Crippen LogP contribution in [0.15, 0.2) is 48.5 Å². The second-order valence-corrected chi connectivity index (χ2v) is 5.82. The molecule has 25 heavy (non-hydrogen) atoms. The molecule has 0 radical (unpaired) electrons. The van der Waals surface area contributed by atoms with Crippen molar-refractivity contribution in [2.24, 2.45) is 0 Å². The number of urea groups is 1. The van der Waals surface area contributed by atoms with Crippen LogP contribution in [0.25, 0.3) is 0 Å². The summed E-state index contributed by atoms with van der Waals surface area (Å²) in [5.74, 6) is 0. The Labute approximate surface area is 147 Å². The summed E-state index contributed by atoms with van der Waals surface area (Å²) in [5, 5.41) is 5.40. The van der Waals surface area contributed by atoms with E-state index in [2.05, 4.69) is 15.4 Å². The Morgan fingerprint density at radius 3 is 2.00 bits per heavy atom. The lowest BCUT2D eigenvalue weighted by molar-refractivity contribution is 0.187. The van der Waals surface area contributed by atoms with Crippen LogP contribution in [-0.2, 0) is 4.74 Å². The molecule has 0 saturated carbocycles. The normalized spacial score (nSPS) is 11.4. The van der Waals surface area contributed by atoms with Crippen LogP contribution in [0.5, 0.6) is 0 Å². The van der Waals surface area contributed by atoms with E-state index in [-0.39, 0.29) is 12.1 Å². The first-order chi connectivity index (χ1) is 11.9. The van der Waals surface area contributed by atoms with E-state index in [1.165, 1.54) is 12.7 Å². The van der Waals surface area contributed by atoms with Gasteiger partial charge in [0.05, 0.1) is 13.2 Å². The number of anilines is 2. The molecule has 0 aromatic heterocycles. The summed E-state index contributed by atoms with van der Waals surface area (Å²) in [6.07, 6.45) is -0.538. The van der Waals surface area contributed by atoms with Crippen LogP contribution in [0.4, 0.5) is 21.0 Å². The number of amides is 3. The molecule has 2 N–H and O–H groups in total. The second-order valence-electron chi connectivity index (χ2n) is 5.82. The zero-order valence-corrected chi connectivity index (χ0v) is 14.9. The zero-order chi connectivity index (χ0) is 18.4. The third kappa shape index (κ3) is 4.97. The molecule has 0 heterocycles. The average Bonchev–Trinajstić information content (AvgIpc) is 2.62. The molecule has 0 saturated heterocycles. The number of hydrogen-bond acceptors (Lipinski definition) is 3. The lowest BCUT2D eigenvalue weighted by Gasteiger charge is -2.25. The van der Waals surface area contributed by atoms with Gasteiger partial charge in [-0.1, -0.05) is 29.8 Å². The Kier molecular flexibility index (Phi) is 6.00. The largest absolute Gasteiger partial charge is 0.453 e. The van der Waals surface area contributed by atoms with Crippen LogP contribution in [0.1, 0.15) is 24.1 Å². The predicted molar refractivity (Wildman–Crippen MR) is 98.8 cm³/mol. The quantitative estimate of drug-likeness (QED) is 0.866. The highest BCUT2D eigenvalue weighted by Crippen LogP contribution is 2.21. The first-order valence-electron chi connectivity index (χ1n) is 7.96. The molecule has 1 unspecified atom stereocenters. The van der Waals surface area contributed by atoms with Gasteiger partial charge in [0, 0.05) is 18.4 Å². The maximum atomic E-state index is 12.4. The summed E-state index contributed by atoms with van der Waals surface area (Å²) in [6, 6.07) is 14.7. The number of methoxy groups -OCH3 is 1. The van der Waals surface area contributed by atoms with E-state index < -0.39 is 6.09 Å². The molecule has 132 valence electrons. The Morgan fingerprint density at radius 1 is 0.960 bits per heavy atom. The lowest BCUT2D eigenvalue weighted by Crippen LogP contribution is -2.33. The molecule has 2 rings (SSSR count). The molecule has 2 aromatic rings. The Morgan fingerprint density at radius 2 is 1.48 bits per heavy atom. The fraction of sp³-hybridized carbons (Fsp3) is 0.263. The van der Waals surface area contributed by atoms with E-state index in [0.29, 0.717) is 11.4 Å². The van der Waals surface area contributed by atoms with Crippen LogP contribution in [0, 0.1) is 6.92 Å². The van der Waals surface area contributed by atoms with Gasteiger partial charge in [-0.25, -0.2) is 9.59 Å². The van der Waals surface area contributed by atoms with Gasteiger partial charge in [-0.3, -0.25) is 5.32 Å². The van der Waals surface area contributed by atoms with E-state index in [9.17, 15) is 9.59 Å². The van der Waals surface area contributed by atoms with Gasteiger partial charge in [0.15, 0.2) is 0 Å². The lowest BCUT2D eigenvalue weighted by atomic mass is 10.1. The van der Waals surface area contributed by atoms with E-state index >= 15 is 0 Å². The van der Waals surface area contributed by atoms with Gasteiger partial charge in [0.1, 0.15) is 0 Å². The van der Waals surface area contributed by atoms with Crippen molar-refractivity contribution in [3.8, 4) is 0 Å². The Hall–Kier alpha value is -3.02. The van der Waals surface area contributed by atoms with Crippen LogP contribution < -0.4 is 10.6 Å². The number of carbonyl (C=O) groups excluding carboxylic acids is 2. The number of carbonyl (C=O) groups is 2. The molecule has 0 bridgehead atoms. The monoisotopic (exact) mass is 341 g/mol. The molecule has 0 aliphatic rings. The maximum absolute atomic E-state index is 12.4. The molecular weight excluding hydrogens is 318 g/mol. The molecule has 1 atom stereocenters. The van der Waals surface area contributed by atoms with Crippen LogP contribution in [-0.4, -0.2) is 31.2 Å². The summed E-state index contributed by atoms with van der Waals surface area (Å²) in [4.78, 5) is 25.2. The summed E-state index contributed by atoms with van der Waals surface area (Å²) in [5.41, 5.74) is 3.49. The van der Waals surface area contributed by atoms with Crippen molar-refractivity contribution in [3.05, 3.63) is 59.7 Å². The number of benzene rings is 2. The Balaban J connectivity index is 1.98. The molecular formula is C19H23N3O3. The van der Waals surface area contributed by atoms with Gasteiger partial charge >= 0.3 is 12.1 Å². The van der Waals surface area contributed by atoms with Gasteiger partial charge < -0.3 is 15.0 Å². The molecule has 0 aliphatic carbocycles. The van der Waals surface area contributed by atoms with Gasteiger partial charge in [0.2, 0.25) is 0 Å². The minimum absolute atomic E-state index is 0.0548. The summed E-state index contributed by atoms with van der Waals surface area (Å²) >= 11 is 0. The highest BCUT2D eigenvalue weighted by molar-refractivity contribution is 5.90. The first-order valence-corrected chi connectivity index (χ1v) is 7.96. The van der Waals surface area contributed by atoms with E-state index in [1.807, 2.05) is 38.1 Å². The van der Waals surface area contributed by atoms with Crippen molar-refractivity contribution in [1.29, 1.82) is 0 Å². The number of rotatable bonds is 4. The van der Waals surface area contributed by atoms with Crippen LogP contribution >= 0.6 is 0 Å². The summed E-state index contributed by atoms with van der Waals surface area (Å²) in [7, 11) is 3.06. The molecule has 2 aromatic carbocycles. The standard InChI is InChI=1S/C19H23N3O3/c1-13-5-7-15(8-6-13)14(2)22(3)18(23)20-16-9-11-17(12-10-16)21-19(24)25-4/h5-12,14H,1-4H3,(H,20,23)(H,21,24). The van der Waals surface area contributed by atoms with Gasteiger partial charge in [-0.15, -0.1) is 0 Å². The highest BCUT2D eigenvalue weighted by Gasteiger charge is 2.17. The van der Waals surface area contributed by atoms with Gasteiger partial charge in [-0.05, 0) is 43.7 Å². The smallest absolute Gasteiger partial charge is 0.411 e. The number of nitrogens with zero attached hydrogens (tertiary/aromatic N) is 1. The fourth-order valence-electron chi connectivity index (χ4n) is 2.26. The minimum Gasteiger partial charge on any atom is -0.453 e. The van der Waals surface area contributed by atoms with E-state index in [1.54, 1.807) is 36.2 Å². The SMILES string of the molecule is COC(=O)Nc1ccc(NC(=O)N(C)C(C)c2ccc(C)cc2)cc1. The van der Waals surface area contributed by atoms with Crippen molar-refractivity contribution < 1.29 is 14.3 Å². The number of ether oxygens (including phenoxy) is 1.